The van der Waals surface area contributed by atoms with E-state index in [0.717, 1.165) is 16.8 Å². The van der Waals surface area contributed by atoms with Gasteiger partial charge in [0.25, 0.3) is 0 Å². The molecule has 0 aliphatic carbocycles. The zero-order chi connectivity index (χ0) is 24.8. The molecule has 0 saturated heterocycles. The van der Waals surface area contributed by atoms with Gasteiger partial charge in [0, 0.05) is 12.2 Å². The lowest BCUT2D eigenvalue weighted by molar-refractivity contribution is -0.118. The van der Waals surface area contributed by atoms with Gasteiger partial charge in [-0.2, -0.15) is 0 Å². The molecule has 0 fully saturated rings. The van der Waals surface area contributed by atoms with Crippen molar-refractivity contribution in [3.8, 4) is 28.6 Å². The van der Waals surface area contributed by atoms with E-state index in [1.165, 1.54) is 17.8 Å². The van der Waals surface area contributed by atoms with Gasteiger partial charge in [0.2, 0.25) is 5.91 Å². The molecule has 9 heteroatoms. The van der Waals surface area contributed by atoms with Crippen molar-refractivity contribution in [3.05, 3.63) is 83.7 Å². The van der Waals surface area contributed by atoms with Gasteiger partial charge in [0.15, 0.2) is 22.5 Å². The van der Waals surface area contributed by atoms with Crippen LogP contribution in [0.1, 0.15) is 11.1 Å². The van der Waals surface area contributed by atoms with Gasteiger partial charge < -0.3 is 14.8 Å². The third-order valence-corrected chi connectivity index (χ3v) is 6.24. The SMILES string of the molecule is COc1ccc(CNC(=O)CSc2nnc(-c3ccccc3F)n2-c2ccc(C)cc2)cc1OC. The van der Waals surface area contributed by atoms with Crippen LogP contribution in [0.4, 0.5) is 4.39 Å². The molecule has 180 valence electrons. The predicted octanol–water partition coefficient (Wildman–Crippen LogP) is 4.81. The minimum Gasteiger partial charge on any atom is -0.493 e. The Morgan fingerprint density at radius 3 is 2.46 bits per heavy atom. The number of amides is 1. The first-order valence-corrected chi connectivity index (χ1v) is 11.9. The van der Waals surface area contributed by atoms with Gasteiger partial charge in [0.05, 0.1) is 25.5 Å². The van der Waals surface area contributed by atoms with Crippen LogP contribution >= 0.6 is 11.8 Å². The van der Waals surface area contributed by atoms with Gasteiger partial charge in [-0.3, -0.25) is 9.36 Å². The molecular weight excluding hydrogens is 467 g/mol. The van der Waals surface area contributed by atoms with Gasteiger partial charge in [-0.05, 0) is 48.9 Å². The number of carbonyl (C=O) groups is 1. The number of aryl methyl sites for hydroxylation is 1. The molecule has 0 radical (unpaired) electrons. The molecule has 0 aliphatic heterocycles. The van der Waals surface area contributed by atoms with Crippen molar-refractivity contribution in [2.45, 2.75) is 18.6 Å². The van der Waals surface area contributed by atoms with E-state index in [1.807, 2.05) is 43.3 Å². The van der Waals surface area contributed by atoms with E-state index >= 15 is 0 Å². The van der Waals surface area contributed by atoms with Crippen molar-refractivity contribution in [2.75, 3.05) is 20.0 Å². The van der Waals surface area contributed by atoms with Crippen LogP contribution in [0.25, 0.3) is 17.1 Å². The molecule has 0 aliphatic rings. The largest absolute Gasteiger partial charge is 0.493 e. The van der Waals surface area contributed by atoms with Crippen LogP contribution in [0.3, 0.4) is 0 Å². The lowest BCUT2D eigenvalue weighted by Crippen LogP contribution is -2.24. The number of benzene rings is 3. The van der Waals surface area contributed by atoms with Crippen molar-refractivity contribution < 1.29 is 18.7 Å². The Kier molecular flexibility index (Phi) is 7.67. The average molecular weight is 493 g/mol. The average Bonchev–Trinajstić information content (AvgIpc) is 3.30. The lowest BCUT2D eigenvalue weighted by atomic mass is 10.2. The number of aromatic nitrogens is 3. The molecule has 1 N–H and O–H groups in total. The molecule has 1 heterocycles. The van der Waals surface area contributed by atoms with E-state index in [9.17, 15) is 9.18 Å². The predicted molar refractivity (Wildman–Crippen MR) is 134 cm³/mol. The first-order chi connectivity index (χ1) is 17.0. The minimum absolute atomic E-state index is 0.120. The minimum atomic E-state index is -0.391. The van der Waals surface area contributed by atoms with Crippen LogP contribution in [-0.2, 0) is 11.3 Å². The summed E-state index contributed by atoms with van der Waals surface area (Å²) in [4.78, 5) is 12.6. The second-order valence-corrected chi connectivity index (χ2v) is 8.65. The Morgan fingerprint density at radius 2 is 1.74 bits per heavy atom. The molecule has 0 bridgehead atoms. The zero-order valence-electron chi connectivity index (χ0n) is 19.6. The van der Waals surface area contributed by atoms with Crippen LogP contribution in [0.2, 0.25) is 0 Å². The Balaban J connectivity index is 1.51. The fraction of sp³-hybridized carbons (Fsp3) is 0.192. The van der Waals surface area contributed by atoms with Crippen LogP contribution in [0, 0.1) is 12.7 Å². The molecule has 0 spiro atoms. The molecule has 0 saturated carbocycles. The van der Waals surface area contributed by atoms with E-state index in [2.05, 4.69) is 15.5 Å². The summed E-state index contributed by atoms with van der Waals surface area (Å²) < 4.78 is 26.9. The number of nitrogens with one attached hydrogen (secondary N) is 1. The third-order valence-electron chi connectivity index (χ3n) is 5.31. The van der Waals surface area contributed by atoms with Crippen molar-refractivity contribution in [1.29, 1.82) is 0 Å². The summed E-state index contributed by atoms with van der Waals surface area (Å²) >= 11 is 1.23. The molecule has 0 unspecified atom stereocenters. The quantitative estimate of drug-likeness (QED) is 0.338. The van der Waals surface area contributed by atoms with Gasteiger partial charge in [0.1, 0.15) is 5.82 Å². The summed E-state index contributed by atoms with van der Waals surface area (Å²) in [7, 11) is 3.14. The monoisotopic (exact) mass is 492 g/mol. The number of halogens is 1. The first-order valence-electron chi connectivity index (χ1n) is 10.9. The number of ether oxygens (including phenoxy) is 2. The summed E-state index contributed by atoms with van der Waals surface area (Å²) in [5.41, 5.74) is 3.10. The van der Waals surface area contributed by atoms with Crippen LogP contribution < -0.4 is 14.8 Å². The van der Waals surface area contributed by atoms with Gasteiger partial charge >= 0.3 is 0 Å². The van der Waals surface area contributed by atoms with Crippen LogP contribution in [-0.4, -0.2) is 40.6 Å². The van der Waals surface area contributed by atoms with E-state index in [0.29, 0.717) is 34.6 Å². The summed E-state index contributed by atoms with van der Waals surface area (Å²) in [5, 5.41) is 11.9. The molecule has 4 aromatic rings. The molecule has 1 amide bonds. The molecule has 3 aromatic carbocycles. The second-order valence-electron chi connectivity index (χ2n) is 7.71. The Bertz CT molecular complexity index is 1320. The Labute approximate surface area is 207 Å². The van der Waals surface area contributed by atoms with E-state index < -0.39 is 5.82 Å². The topological polar surface area (TPSA) is 78.3 Å². The number of rotatable bonds is 9. The maximum atomic E-state index is 14.6. The van der Waals surface area contributed by atoms with Crippen molar-refractivity contribution in [3.63, 3.8) is 0 Å². The summed E-state index contributed by atoms with van der Waals surface area (Å²) in [5.74, 6) is 1.15. The fourth-order valence-electron chi connectivity index (χ4n) is 3.48. The van der Waals surface area contributed by atoms with E-state index in [-0.39, 0.29) is 11.7 Å². The highest BCUT2D eigenvalue weighted by Crippen LogP contribution is 2.30. The highest BCUT2D eigenvalue weighted by Gasteiger charge is 2.19. The van der Waals surface area contributed by atoms with Crippen molar-refractivity contribution in [1.82, 2.24) is 20.1 Å². The molecule has 1 aromatic heterocycles. The van der Waals surface area contributed by atoms with Crippen LogP contribution in [0.15, 0.2) is 71.9 Å². The number of carbonyl (C=O) groups excluding carboxylic acids is 1. The zero-order valence-corrected chi connectivity index (χ0v) is 20.4. The second kappa shape index (κ2) is 11.1. The summed E-state index contributed by atoms with van der Waals surface area (Å²) in [6.45, 7) is 2.33. The third kappa shape index (κ3) is 5.63. The maximum Gasteiger partial charge on any atom is 0.230 e. The molecule has 0 atom stereocenters. The normalized spacial score (nSPS) is 10.7. The fourth-order valence-corrected chi connectivity index (χ4v) is 4.26. The lowest BCUT2D eigenvalue weighted by Gasteiger charge is -2.12. The van der Waals surface area contributed by atoms with Gasteiger partial charge in [-0.15, -0.1) is 10.2 Å². The van der Waals surface area contributed by atoms with Crippen molar-refractivity contribution >= 4 is 17.7 Å². The number of hydrogen-bond acceptors (Lipinski definition) is 6. The van der Waals surface area contributed by atoms with Gasteiger partial charge in [-0.1, -0.05) is 47.7 Å². The highest BCUT2D eigenvalue weighted by atomic mass is 32.2. The Hall–Kier alpha value is -3.85. The number of methoxy groups -OCH3 is 2. The Morgan fingerprint density at radius 1 is 1.00 bits per heavy atom. The first kappa shape index (κ1) is 24.3. The maximum absolute atomic E-state index is 14.6. The van der Waals surface area contributed by atoms with E-state index in [4.69, 9.17) is 9.47 Å². The number of hydrogen-bond donors (Lipinski definition) is 1. The summed E-state index contributed by atoms with van der Waals surface area (Å²) in [6.07, 6.45) is 0. The highest BCUT2D eigenvalue weighted by molar-refractivity contribution is 7.99. The number of thioether (sulfide) groups is 1. The summed E-state index contributed by atoms with van der Waals surface area (Å²) in [6, 6.07) is 19.7. The molecule has 35 heavy (non-hydrogen) atoms. The molecule has 4 rings (SSSR count). The number of nitrogens with zero attached hydrogens (tertiary/aromatic N) is 3. The molecular formula is C26H25FN4O3S. The van der Waals surface area contributed by atoms with Crippen LogP contribution in [0.5, 0.6) is 11.5 Å². The van der Waals surface area contributed by atoms with E-state index in [1.54, 1.807) is 43.1 Å². The molecule has 7 nitrogen and oxygen atoms in total. The standard InChI is InChI=1S/C26H25FN4O3S/c1-17-8-11-19(12-9-17)31-25(20-6-4-5-7-21(20)27)29-30-26(31)35-16-24(32)28-15-18-10-13-22(33-2)23(14-18)34-3/h4-14H,15-16H2,1-3H3,(H,28,32). The van der Waals surface area contributed by atoms with Crippen molar-refractivity contribution in [2.24, 2.45) is 0 Å². The van der Waals surface area contributed by atoms with Gasteiger partial charge in [-0.25, -0.2) is 4.39 Å². The smallest absolute Gasteiger partial charge is 0.230 e.